The molecule has 0 heterocycles. The number of carbonyl (C=O) groups excluding carboxylic acids is 1. The maximum absolute atomic E-state index is 12.6. The predicted molar refractivity (Wildman–Crippen MR) is 122 cm³/mol. The fourth-order valence-electron chi connectivity index (χ4n) is 3.27. The van der Waals surface area contributed by atoms with Gasteiger partial charge in [-0.3, -0.25) is 16.1 Å². The van der Waals surface area contributed by atoms with Crippen LogP contribution in [-0.2, 0) is 17.8 Å². The number of carboxylic acids is 1. The number of carboxylic acid groups (broad SMARTS) is 1. The van der Waals surface area contributed by atoms with Gasteiger partial charge in [-0.05, 0) is 34.4 Å². The first-order valence-electron chi connectivity index (χ1n) is 9.49. The van der Waals surface area contributed by atoms with Crippen LogP contribution in [0.4, 0.5) is 0 Å². The van der Waals surface area contributed by atoms with Gasteiger partial charge < -0.3 is 10.4 Å². The van der Waals surface area contributed by atoms with Gasteiger partial charge in [0.25, 0.3) is 5.91 Å². The van der Waals surface area contributed by atoms with Gasteiger partial charge in [-0.1, -0.05) is 77.8 Å². The maximum Gasteiger partial charge on any atom is 0.326 e. The molecule has 0 aliphatic carbocycles. The third-order valence-electron chi connectivity index (χ3n) is 4.81. The summed E-state index contributed by atoms with van der Waals surface area (Å²) in [7, 11) is 0. The standard InChI is InChI=1S/C23H21Cl2N3O3/c24-18-6-3-7-19(25)21(18)22(29)28-20(23(30)31)12-14-8-10-15(11-9-14)17-5-2-1-4-16(17)13-27-26/h1-11,20,27H,12-13,26H2,(H,28,29)(H,30,31)/t20-/m0/s1. The van der Waals surface area contributed by atoms with Crippen LogP contribution in [0.5, 0.6) is 0 Å². The molecule has 0 aliphatic heterocycles. The van der Waals surface area contributed by atoms with Gasteiger partial charge in [0.05, 0.1) is 15.6 Å². The maximum atomic E-state index is 12.6. The third kappa shape index (κ3) is 5.62. The molecule has 3 aromatic rings. The summed E-state index contributed by atoms with van der Waals surface area (Å²) in [5, 5.41) is 12.4. The van der Waals surface area contributed by atoms with Gasteiger partial charge >= 0.3 is 5.97 Å². The molecule has 5 N–H and O–H groups in total. The zero-order chi connectivity index (χ0) is 22.4. The molecule has 3 rings (SSSR count). The lowest BCUT2D eigenvalue weighted by atomic mass is 9.97. The molecule has 0 fully saturated rings. The molecule has 0 unspecified atom stereocenters. The Balaban J connectivity index is 1.77. The highest BCUT2D eigenvalue weighted by atomic mass is 35.5. The number of hydrogen-bond donors (Lipinski definition) is 4. The summed E-state index contributed by atoms with van der Waals surface area (Å²) < 4.78 is 0. The van der Waals surface area contributed by atoms with E-state index in [2.05, 4.69) is 10.7 Å². The lowest BCUT2D eigenvalue weighted by molar-refractivity contribution is -0.139. The van der Waals surface area contributed by atoms with Gasteiger partial charge in [-0.2, -0.15) is 0 Å². The molecule has 6 nitrogen and oxygen atoms in total. The largest absolute Gasteiger partial charge is 0.480 e. The Bertz CT molecular complexity index is 1070. The number of amides is 1. The molecule has 8 heteroatoms. The second-order valence-corrected chi connectivity index (χ2v) is 7.71. The minimum Gasteiger partial charge on any atom is -0.480 e. The van der Waals surface area contributed by atoms with Crippen molar-refractivity contribution in [1.82, 2.24) is 10.7 Å². The number of nitrogens with one attached hydrogen (secondary N) is 2. The highest BCUT2D eigenvalue weighted by Gasteiger charge is 2.23. The fraction of sp³-hybridized carbons (Fsp3) is 0.130. The molecule has 160 valence electrons. The molecule has 0 aromatic heterocycles. The first-order chi connectivity index (χ1) is 14.9. The minimum atomic E-state index is -1.15. The van der Waals surface area contributed by atoms with Crippen LogP contribution in [0.3, 0.4) is 0 Å². The second kappa shape index (κ2) is 10.4. The van der Waals surface area contributed by atoms with Crippen molar-refractivity contribution in [3.05, 3.63) is 93.5 Å². The molecular formula is C23H21Cl2N3O3. The van der Waals surface area contributed by atoms with Crippen LogP contribution >= 0.6 is 23.2 Å². The van der Waals surface area contributed by atoms with Crippen LogP contribution in [0.2, 0.25) is 10.0 Å². The fourth-order valence-corrected chi connectivity index (χ4v) is 3.84. The van der Waals surface area contributed by atoms with E-state index in [0.717, 1.165) is 22.3 Å². The molecule has 1 atom stereocenters. The van der Waals surface area contributed by atoms with Crippen molar-refractivity contribution in [3.8, 4) is 11.1 Å². The average molecular weight is 458 g/mol. The molecule has 1 amide bonds. The lowest BCUT2D eigenvalue weighted by Gasteiger charge is -2.16. The Morgan fingerprint density at radius 3 is 2.19 bits per heavy atom. The van der Waals surface area contributed by atoms with E-state index >= 15 is 0 Å². The summed E-state index contributed by atoms with van der Waals surface area (Å²) in [6.07, 6.45) is 0.107. The average Bonchev–Trinajstić information content (AvgIpc) is 2.74. The smallest absolute Gasteiger partial charge is 0.326 e. The number of benzene rings is 3. The van der Waals surface area contributed by atoms with Crippen molar-refractivity contribution in [1.29, 1.82) is 0 Å². The number of carbonyl (C=O) groups is 2. The number of rotatable bonds is 8. The molecule has 3 aromatic carbocycles. The Morgan fingerprint density at radius 2 is 1.58 bits per heavy atom. The van der Waals surface area contributed by atoms with Gasteiger partial charge in [-0.15, -0.1) is 0 Å². The summed E-state index contributed by atoms with van der Waals surface area (Å²) >= 11 is 12.1. The van der Waals surface area contributed by atoms with E-state index in [1.807, 2.05) is 48.5 Å². The van der Waals surface area contributed by atoms with E-state index in [1.54, 1.807) is 6.07 Å². The molecule has 0 radical (unpaired) electrons. The van der Waals surface area contributed by atoms with Crippen molar-refractivity contribution in [2.45, 2.75) is 19.0 Å². The Kier molecular flexibility index (Phi) is 7.65. The summed E-state index contributed by atoms with van der Waals surface area (Å²) in [6.45, 7) is 0.523. The van der Waals surface area contributed by atoms with Crippen molar-refractivity contribution < 1.29 is 14.7 Å². The van der Waals surface area contributed by atoms with Crippen LogP contribution in [0.1, 0.15) is 21.5 Å². The lowest BCUT2D eigenvalue weighted by Crippen LogP contribution is -2.42. The Labute approximate surface area is 190 Å². The Morgan fingerprint density at radius 1 is 0.935 bits per heavy atom. The van der Waals surface area contributed by atoms with Gasteiger partial charge in [0.15, 0.2) is 0 Å². The molecule has 31 heavy (non-hydrogen) atoms. The zero-order valence-electron chi connectivity index (χ0n) is 16.4. The monoisotopic (exact) mass is 457 g/mol. The molecular weight excluding hydrogens is 437 g/mol. The predicted octanol–water partition coefficient (Wildman–Crippen LogP) is 4.05. The topological polar surface area (TPSA) is 104 Å². The number of halogens is 2. The molecule has 0 spiro atoms. The summed E-state index contributed by atoms with van der Waals surface area (Å²) in [5.74, 6) is 3.67. The van der Waals surface area contributed by atoms with Crippen molar-refractivity contribution in [2.24, 2.45) is 5.84 Å². The van der Waals surface area contributed by atoms with E-state index in [0.29, 0.717) is 6.54 Å². The van der Waals surface area contributed by atoms with Crippen LogP contribution in [-0.4, -0.2) is 23.0 Å². The van der Waals surface area contributed by atoms with Crippen molar-refractivity contribution in [3.63, 3.8) is 0 Å². The highest BCUT2D eigenvalue weighted by Crippen LogP contribution is 2.26. The molecule has 0 saturated heterocycles. The molecule has 0 saturated carbocycles. The van der Waals surface area contributed by atoms with E-state index < -0.39 is 17.9 Å². The Hall–Kier alpha value is -2.90. The van der Waals surface area contributed by atoms with Crippen LogP contribution < -0.4 is 16.6 Å². The van der Waals surface area contributed by atoms with Crippen molar-refractivity contribution in [2.75, 3.05) is 0 Å². The molecule has 0 bridgehead atoms. The van der Waals surface area contributed by atoms with Crippen molar-refractivity contribution >= 4 is 35.1 Å². The van der Waals surface area contributed by atoms with Gasteiger partial charge in [0.1, 0.15) is 6.04 Å². The normalized spacial score (nSPS) is 11.7. The first kappa shape index (κ1) is 22.8. The number of nitrogens with two attached hydrogens (primary N) is 1. The van der Waals surface area contributed by atoms with Crippen LogP contribution in [0, 0.1) is 0 Å². The zero-order valence-corrected chi connectivity index (χ0v) is 18.0. The van der Waals surface area contributed by atoms with E-state index in [4.69, 9.17) is 29.0 Å². The summed E-state index contributed by atoms with van der Waals surface area (Å²) in [5.41, 5.74) is 6.53. The molecule has 0 aliphatic rings. The SMILES string of the molecule is NNCc1ccccc1-c1ccc(C[C@H](NC(=O)c2c(Cl)cccc2Cl)C(=O)O)cc1. The van der Waals surface area contributed by atoms with Crippen LogP contribution in [0.15, 0.2) is 66.7 Å². The van der Waals surface area contributed by atoms with Crippen LogP contribution in [0.25, 0.3) is 11.1 Å². The number of hydrazine groups is 1. The highest BCUT2D eigenvalue weighted by molar-refractivity contribution is 6.39. The third-order valence-corrected chi connectivity index (χ3v) is 5.44. The quantitative estimate of drug-likeness (QED) is 0.301. The van der Waals surface area contributed by atoms with Gasteiger partial charge in [0, 0.05) is 13.0 Å². The number of hydrogen-bond acceptors (Lipinski definition) is 4. The van der Waals surface area contributed by atoms with E-state index in [9.17, 15) is 14.7 Å². The van der Waals surface area contributed by atoms with E-state index in [1.165, 1.54) is 12.1 Å². The second-order valence-electron chi connectivity index (χ2n) is 6.90. The minimum absolute atomic E-state index is 0.0533. The first-order valence-corrected chi connectivity index (χ1v) is 10.2. The summed E-state index contributed by atoms with van der Waals surface area (Å²) in [4.78, 5) is 24.3. The van der Waals surface area contributed by atoms with Gasteiger partial charge in [-0.25, -0.2) is 4.79 Å². The van der Waals surface area contributed by atoms with E-state index in [-0.39, 0.29) is 22.0 Å². The number of aliphatic carboxylic acids is 1. The summed E-state index contributed by atoms with van der Waals surface area (Å²) in [6, 6.07) is 18.9. The van der Waals surface area contributed by atoms with Gasteiger partial charge in [0.2, 0.25) is 0 Å².